The minimum absolute atomic E-state index is 0.0410. The lowest BCUT2D eigenvalue weighted by Crippen LogP contribution is -2.50. The van der Waals surface area contributed by atoms with E-state index in [2.05, 4.69) is 21.2 Å². The minimum Gasteiger partial charge on any atom is -0.495 e. The van der Waals surface area contributed by atoms with Gasteiger partial charge in [-0.25, -0.2) is 8.42 Å². The minimum atomic E-state index is -4.41. The zero-order valence-corrected chi connectivity index (χ0v) is 26.3. The van der Waals surface area contributed by atoms with E-state index < -0.39 is 34.4 Å². The van der Waals surface area contributed by atoms with Crippen LogP contribution in [0.2, 0.25) is 5.02 Å². The molecule has 1 atom stereocenters. The predicted octanol–water partition coefficient (Wildman–Crippen LogP) is 4.49. The van der Waals surface area contributed by atoms with Gasteiger partial charge < -0.3 is 24.4 Å². The summed E-state index contributed by atoms with van der Waals surface area (Å²) in [4.78, 5) is 27.8. The Morgan fingerprint density at radius 1 is 0.927 bits per heavy atom. The van der Waals surface area contributed by atoms with Crippen LogP contribution in [-0.4, -0.2) is 66.1 Å². The molecule has 0 fully saturated rings. The van der Waals surface area contributed by atoms with Crippen LogP contribution in [0.25, 0.3) is 0 Å². The number of methoxy groups -OCH3 is 3. The number of sulfonamides is 1. The predicted molar refractivity (Wildman–Crippen MR) is 160 cm³/mol. The van der Waals surface area contributed by atoms with Crippen molar-refractivity contribution in [2.24, 2.45) is 0 Å². The molecule has 2 amide bonds. The summed E-state index contributed by atoms with van der Waals surface area (Å²) >= 11 is 9.65. The summed E-state index contributed by atoms with van der Waals surface area (Å²) in [6, 6.07) is 14.9. The Hall–Kier alpha value is -3.48. The van der Waals surface area contributed by atoms with Crippen molar-refractivity contribution in [3.8, 4) is 17.2 Å². The first-order chi connectivity index (χ1) is 19.5. The number of anilines is 1. The number of benzene rings is 3. The fraction of sp³-hybridized carbons (Fsp3) is 0.286. The molecule has 13 heteroatoms. The summed E-state index contributed by atoms with van der Waals surface area (Å²) in [7, 11) is 1.24. The second-order valence-corrected chi connectivity index (χ2v) is 12.0. The monoisotopic (exact) mass is 667 g/mol. The van der Waals surface area contributed by atoms with Crippen molar-refractivity contribution >= 4 is 55.1 Å². The molecule has 0 aromatic heterocycles. The van der Waals surface area contributed by atoms with Gasteiger partial charge in [0.1, 0.15) is 18.3 Å². The summed E-state index contributed by atoms with van der Waals surface area (Å²) in [5.41, 5.74) is 0.784. The largest absolute Gasteiger partial charge is 0.495 e. The van der Waals surface area contributed by atoms with Crippen molar-refractivity contribution in [2.45, 2.75) is 24.4 Å². The van der Waals surface area contributed by atoms with Gasteiger partial charge in [0, 0.05) is 29.2 Å². The number of carbonyl (C=O) groups is 2. The molecule has 0 saturated heterocycles. The molecule has 0 aliphatic carbocycles. The van der Waals surface area contributed by atoms with E-state index in [-0.39, 0.29) is 33.6 Å². The van der Waals surface area contributed by atoms with Gasteiger partial charge in [0.25, 0.3) is 10.0 Å². The molecule has 0 spiro atoms. The van der Waals surface area contributed by atoms with E-state index in [9.17, 15) is 18.0 Å². The fourth-order valence-corrected chi connectivity index (χ4v) is 5.92. The zero-order chi connectivity index (χ0) is 30.3. The molecule has 0 radical (unpaired) electrons. The highest BCUT2D eigenvalue weighted by atomic mass is 79.9. The van der Waals surface area contributed by atoms with Gasteiger partial charge in [0.05, 0.1) is 31.9 Å². The number of amides is 2. The summed E-state index contributed by atoms with van der Waals surface area (Å²) in [5, 5.41) is 2.78. The number of nitrogens with one attached hydrogen (secondary N) is 1. The number of nitrogens with zero attached hydrogens (tertiary/aromatic N) is 2. The molecule has 0 saturated carbocycles. The number of halogens is 2. The van der Waals surface area contributed by atoms with Gasteiger partial charge in [0.2, 0.25) is 11.8 Å². The lowest BCUT2D eigenvalue weighted by Gasteiger charge is -2.32. The molecule has 0 aliphatic heterocycles. The number of hydrogen-bond acceptors (Lipinski definition) is 7. The third-order valence-corrected chi connectivity index (χ3v) is 8.83. The van der Waals surface area contributed by atoms with Gasteiger partial charge in [-0.1, -0.05) is 39.7 Å². The summed E-state index contributed by atoms with van der Waals surface area (Å²) < 4.78 is 46.1. The van der Waals surface area contributed by atoms with Crippen molar-refractivity contribution < 1.29 is 32.2 Å². The number of rotatable bonds is 12. The lowest BCUT2D eigenvalue weighted by molar-refractivity contribution is -0.139. The Labute approximate surface area is 253 Å². The van der Waals surface area contributed by atoms with Gasteiger partial charge in [0.15, 0.2) is 11.5 Å². The number of ether oxygens (including phenoxy) is 3. The third kappa shape index (κ3) is 7.43. The van der Waals surface area contributed by atoms with E-state index in [1.165, 1.54) is 63.6 Å². The van der Waals surface area contributed by atoms with E-state index in [1.54, 1.807) is 25.1 Å². The van der Waals surface area contributed by atoms with Gasteiger partial charge >= 0.3 is 0 Å². The van der Waals surface area contributed by atoms with Crippen LogP contribution < -0.4 is 23.8 Å². The maximum absolute atomic E-state index is 14.2. The summed E-state index contributed by atoms with van der Waals surface area (Å²) in [5.74, 6) is -0.359. The van der Waals surface area contributed by atoms with Crippen molar-refractivity contribution in [1.29, 1.82) is 0 Å². The Kier molecular flexibility index (Phi) is 10.9. The molecule has 3 aromatic carbocycles. The van der Waals surface area contributed by atoms with Crippen LogP contribution in [0.4, 0.5) is 5.69 Å². The molecular weight excluding hydrogens is 638 g/mol. The highest BCUT2D eigenvalue weighted by Gasteiger charge is 2.34. The summed E-state index contributed by atoms with van der Waals surface area (Å²) in [6.07, 6.45) is 0. The van der Waals surface area contributed by atoms with E-state index in [0.29, 0.717) is 5.75 Å². The SMILES string of the molecule is CNC(=O)C(C)N(Cc1ccc(Br)cc1)C(=O)CN(c1cc(Cl)ccc1OC)S(=O)(=O)c1ccc(OC)c(OC)c1. The van der Waals surface area contributed by atoms with E-state index >= 15 is 0 Å². The van der Waals surface area contributed by atoms with Gasteiger partial charge in [-0.3, -0.25) is 13.9 Å². The van der Waals surface area contributed by atoms with Crippen molar-refractivity contribution in [2.75, 3.05) is 39.2 Å². The highest BCUT2D eigenvalue weighted by Crippen LogP contribution is 2.37. The topological polar surface area (TPSA) is 114 Å². The van der Waals surface area contributed by atoms with Crippen LogP contribution in [0, 0.1) is 0 Å². The van der Waals surface area contributed by atoms with Crippen LogP contribution in [0.1, 0.15) is 12.5 Å². The van der Waals surface area contributed by atoms with Crippen LogP contribution in [0.3, 0.4) is 0 Å². The molecule has 0 bridgehead atoms. The highest BCUT2D eigenvalue weighted by molar-refractivity contribution is 9.10. The van der Waals surface area contributed by atoms with E-state index in [1.807, 2.05) is 12.1 Å². The number of likely N-dealkylation sites (N-methyl/N-ethyl adjacent to an activating group) is 1. The average Bonchev–Trinajstić information content (AvgIpc) is 2.98. The molecular formula is C28H31BrClN3O7S. The summed E-state index contributed by atoms with van der Waals surface area (Å²) in [6.45, 7) is 0.964. The second kappa shape index (κ2) is 13.9. The number of carbonyl (C=O) groups excluding carboxylic acids is 2. The van der Waals surface area contributed by atoms with Crippen molar-refractivity contribution in [3.63, 3.8) is 0 Å². The van der Waals surface area contributed by atoms with Crippen LogP contribution in [-0.2, 0) is 26.2 Å². The van der Waals surface area contributed by atoms with Crippen LogP contribution in [0.15, 0.2) is 70.0 Å². The Bertz CT molecular complexity index is 1500. The average molecular weight is 669 g/mol. The Morgan fingerprint density at radius 2 is 1.54 bits per heavy atom. The molecule has 0 heterocycles. The maximum atomic E-state index is 14.2. The number of hydrogen-bond donors (Lipinski definition) is 1. The maximum Gasteiger partial charge on any atom is 0.265 e. The van der Waals surface area contributed by atoms with Crippen LogP contribution >= 0.6 is 27.5 Å². The molecule has 220 valence electrons. The first kappa shape index (κ1) is 32.0. The molecule has 41 heavy (non-hydrogen) atoms. The van der Waals surface area contributed by atoms with E-state index in [0.717, 1.165) is 14.3 Å². The van der Waals surface area contributed by atoms with E-state index in [4.69, 9.17) is 25.8 Å². The molecule has 1 unspecified atom stereocenters. The third-order valence-electron chi connectivity index (χ3n) is 6.31. The molecule has 1 N–H and O–H groups in total. The molecule has 0 aliphatic rings. The van der Waals surface area contributed by atoms with Gasteiger partial charge in [-0.05, 0) is 55.0 Å². The zero-order valence-electron chi connectivity index (χ0n) is 23.2. The smallest absolute Gasteiger partial charge is 0.265 e. The van der Waals surface area contributed by atoms with Gasteiger partial charge in [-0.2, -0.15) is 0 Å². The second-order valence-electron chi connectivity index (χ2n) is 8.78. The Balaban J connectivity index is 2.14. The lowest BCUT2D eigenvalue weighted by atomic mass is 10.1. The van der Waals surface area contributed by atoms with Gasteiger partial charge in [-0.15, -0.1) is 0 Å². The van der Waals surface area contributed by atoms with Crippen molar-refractivity contribution in [1.82, 2.24) is 10.2 Å². The molecule has 10 nitrogen and oxygen atoms in total. The van der Waals surface area contributed by atoms with Crippen LogP contribution in [0.5, 0.6) is 17.2 Å². The Morgan fingerprint density at radius 3 is 2.12 bits per heavy atom. The molecule has 3 aromatic rings. The standard InChI is InChI=1S/C28H31BrClN3O7S/c1-18(28(35)31-2)32(16-19-6-8-20(29)9-7-19)27(34)17-33(23-14-21(30)10-12-24(23)38-3)41(36,37)22-11-13-25(39-4)26(15-22)40-5/h6-15,18H,16-17H2,1-5H3,(H,31,35). The quantitative estimate of drug-likeness (QED) is 0.303. The fourth-order valence-electron chi connectivity index (χ4n) is 4.05. The molecule has 3 rings (SSSR count). The normalized spacial score (nSPS) is 11.8. The van der Waals surface area contributed by atoms with Crippen molar-refractivity contribution in [3.05, 3.63) is 75.7 Å². The first-order valence-electron chi connectivity index (χ1n) is 12.3. The first-order valence-corrected chi connectivity index (χ1v) is 14.9.